The van der Waals surface area contributed by atoms with Gasteiger partial charge in [-0.2, -0.15) is 5.10 Å². The van der Waals surface area contributed by atoms with E-state index < -0.39 is 12.1 Å². The van der Waals surface area contributed by atoms with E-state index in [9.17, 15) is 15.0 Å². The molecule has 0 spiro atoms. The normalized spacial score (nSPS) is 14.5. The third-order valence-corrected chi connectivity index (χ3v) is 6.15. The number of methoxy groups -OCH3 is 6. The molecule has 0 fully saturated rings. The summed E-state index contributed by atoms with van der Waals surface area (Å²) in [5, 5.41) is 29.7. The predicted molar refractivity (Wildman–Crippen MR) is 142 cm³/mol. The molecule has 0 aliphatic carbocycles. The molecule has 0 saturated carbocycles. The maximum absolute atomic E-state index is 13.8. The van der Waals surface area contributed by atoms with Crippen LogP contribution in [0.15, 0.2) is 41.5 Å². The summed E-state index contributed by atoms with van der Waals surface area (Å²) in [6.07, 6.45) is 0.571. The highest BCUT2D eigenvalue weighted by atomic mass is 16.5. The fraction of sp³-hybridized carbons (Fsp3) is 0.259. The fourth-order valence-electron chi connectivity index (χ4n) is 4.16. The van der Waals surface area contributed by atoms with Crippen molar-refractivity contribution in [3.05, 3.63) is 53.1 Å². The SMILES string of the molecule is COc1cc2c(cc1OC)C(=O)N(N=Cc1cc(OC)c(O)c(OC)c1)C(c1cc(OC)c(O)c(OC)c1)N2. The second-order valence-electron chi connectivity index (χ2n) is 8.24. The Hall–Kier alpha value is -5.00. The lowest BCUT2D eigenvalue weighted by Crippen LogP contribution is -2.39. The number of nitrogens with one attached hydrogen (secondary N) is 1. The summed E-state index contributed by atoms with van der Waals surface area (Å²) in [5.41, 5.74) is 1.77. The van der Waals surface area contributed by atoms with Crippen molar-refractivity contribution in [2.75, 3.05) is 48.0 Å². The van der Waals surface area contributed by atoms with E-state index in [2.05, 4.69) is 10.4 Å². The topological polar surface area (TPSA) is 141 Å². The molecule has 1 aliphatic heterocycles. The quantitative estimate of drug-likeness (QED) is 0.344. The third-order valence-electron chi connectivity index (χ3n) is 6.15. The minimum Gasteiger partial charge on any atom is -0.502 e. The number of carbonyl (C=O) groups is 1. The van der Waals surface area contributed by atoms with Crippen LogP contribution in [0.4, 0.5) is 5.69 Å². The van der Waals surface area contributed by atoms with E-state index in [1.165, 1.54) is 53.9 Å². The molecule has 39 heavy (non-hydrogen) atoms. The lowest BCUT2D eigenvalue weighted by Gasteiger charge is -2.35. The van der Waals surface area contributed by atoms with Crippen LogP contribution >= 0.6 is 0 Å². The van der Waals surface area contributed by atoms with Gasteiger partial charge < -0.3 is 44.0 Å². The average molecular weight is 540 g/mol. The second-order valence-corrected chi connectivity index (χ2v) is 8.24. The first-order valence-corrected chi connectivity index (χ1v) is 11.6. The molecule has 1 atom stereocenters. The number of amides is 1. The van der Waals surface area contributed by atoms with Crippen molar-refractivity contribution in [1.29, 1.82) is 0 Å². The van der Waals surface area contributed by atoms with E-state index in [1.54, 1.807) is 36.4 Å². The molecular weight excluding hydrogens is 510 g/mol. The Balaban J connectivity index is 1.87. The van der Waals surface area contributed by atoms with Crippen LogP contribution in [0.2, 0.25) is 0 Å². The van der Waals surface area contributed by atoms with Crippen LogP contribution in [0.3, 0.4) is 0 Å². The first-order chi connectivity index (χ1) is 18.8. The van der Waals surface area contributed by atoms with E-state index in [0.717, 1.165) is 0 Å². The molecule has 1 amide bonds. The second kappa shape index (κ2) is 11.2. The van der Waals surface area contributed by atoms with Gasteiger partial charge in [-0.05, 0) is 30.3 Å². The zero-order valence-corrected chi connectivity index (χ0v) is 22.3. The molecule has 12 nitrogen and oxygen atoms in total. The number of hydrogen-bond donors (Lipinski definition) is 3. The zero-order chi connectivity index (χ0) is 28.3. The number of ether oxygens (including phenoxy) is 6. The largest absolute Gasteiger partial charge is 0.502 e. The predicted octanol–water partition coefficient (Wildman–Crippen LogP) is 3.75. The number of phenolic OH excluding ortho intramolecular Hbond substituents is 2. The van der Waals surface area contributed by atoms with Crippen molar-refractivity contribution in [3.63, 3.8) is 0 Å². The Labute approximate surface area is 224 Å². The third kappa shape index (κ3) is 4.96. The lowest BCUT2D eigenvalue weighted by molar-refractivity contribution is 0.0690. The van der Waals surface area contributed by atoms with Crippen LogP contribution < -0.4 is 33.7 Å². The number of hydrazone groups is 1. The van der Waals surface area contributed by atoms with E-state index in [1.807, 2.05) is 0 Å². The van der Waals surface area contributed by atoms with Crippen LogP contribution in [0, 0.1) is 0 Å². The number of aromatic hydroxyl groups is 2. The number of hydrogen-bond acceptors (Lipinski definition) is 11. The van der Waals surface area contributed by atoms with Crippen molar-refractivity contribution in [3.8, 4) is 46.0 Å². The lowest BCUT2D eigenvalue weighted by atomic mass is 10.0. The minimum absolute atomic E-state index is 0.147. The van der Waals surface area contributed by atoms with Crippen LogP contribution in [-0.4, -0.2) is 70.0 Å². The summed E-state index contributed by atoms with van der Waals surface area (Å²) in [5.74, 6) is 0.638. The first-order valence-electron chi connectivity index (χ1n) is 11.6. The maximum atomic E-state index is 13.8. The van der Waals surface area contributed by atoms with Gasteiger partial charge in [0.2, 0.25) is 11.5 Å². The molecule has 0 radical (unpaired) electrons. The van der Waals surface area contributed by atoms with E-state index in [0.29, 0.717) is 33.9 Å². The number of carbonyl (C=O) groups excluding carboxylic acids is 1. The molecule has 1 aliphatic rings. The monoisotopic (exact) mass is 539 g/mol. The van der Waals surface area contributed by atoms with Gasteiger partial charge in [-0.25, -0.2) is 5.01 Å². The Morgan fingerprint density at radius 2 is 1.18 bits per heavy atom. The van der Waals surface area contributed by atoms with Gasteiger partial charge in [0, 0.05) is 17.2 Å². The highest BCUT2D eigenvalue weighted by Gasteiger charge is 2.35. The van der Waals surface area contributed by atoms with Gasteiger partial charge in [-0.1, -0.05) is 0 Å². The van der Waals surface area contributed by atoms with Crippen molar-refractivity contribution >= 4 is 17.8 Å². The van der Waals surface area contributed by atoms with Crippen LogP contribution in [0.1, 0.15) is 27.7 Å². The number of nitrogens with zero attached hydrogens (tertiary/aromatic N) is 2. The first kappa shape index (κ1) is 27.0. The van der Waals surface area contributed by atoms with Gasteiger partial charge in [0.05, 0.1) is 60.1 Å². The molecule has 4 rings (SSSR count). The summed E-state index contributed by atoms with van der Waals surface area (Å²) >= 11 is 0. The van der Waals surface area contributed by atoms with Crippen LogP contribution in [-0.2, 0) is 0 Å². The molecule has 0 bridgehead atoms. The fourth-order valence-corrected chi connectivity index (χ4v) is 4.16. The molecule has 0 saturated heterocycles. The number of rotatable bonds is 9. The highest BCUT2D eigenvalue weighted by molar-refractivity contribution is 6.03. The Morgan fingerprint density at radius 1 is 0.718 bits per heavy atom. The Kier molecular flexibility index (Phi) is 7.75. The number of fused-ring (bicyclic) bond motifs is 1. The van der Waals surface area contributed by atoms with Crippen molar-refractivity contribution < 1.29 is 43.4 Å². The van der Waals surface area contributed by atoms with Gasteiger partial charge in [0.1, 0.15) is 0 Å². The average Bonchev–Trinajstić information content (AvgIpc) is 2.96. The van der Waals surface area contributed by atoms with E-state index in [-0.39, 0.29) is 34.5 Å². The van der Waals surface area contributed by atoms with Gasteiger partial charge >= 0.3 is 0 Å². The Bertz CT molecular complexity index is 1370. The van der Waals surface area contributed by atoms with Crippen molar-refractivity contribution in [1.82, 2.24) is 5.01 Å². The summed E-state index contributed by atoms with van der Waals surface area (Å²) in [7, 11) is 8.61. The van der Waals surface area contributed by atoms with Crippen LogP contribution in [0.5, 0.6) is 46.0 Å². The summed E-state index contributed by atoms with van der Waals surface area (Å²) < 4.78 is 31.9. The molecule has 3 aromatic carbocycles. The number of anilines is 1. The van der Waals surface area contributed by atoms with Crippen LogP contribution in [0.25, 0.3) is 0 Å². The summed E-state index contributed by atoms with van der Waals surface area (Å²) in [4.78, 5) is 13.8. The molecule has 3 N–H and O–H groups in total. The van der Waals surface area contributed by atoms with Gasteiger partial charge in [-0.15, -0.1) is 0 Å². The summed E-state index contributed by atoms with van der Waals surface area (Å²) in [6.45, 7) is 0. The molecule has 1 heterocycles. The standard InChI is InChI=1S/C27H29N3O9/c1-34-18-11-16-17(12-19(18)35-2)29-26(15-9-22(38-5)25(32)23(10-15)39-6)30(27(16)33)28-13-14-7-20(36-3)24(31)21(8-14)37-4/h7-13,26,29,31-32H,1-6H3. The van der Waals surface area contributed by atoms with Gasteiger partial charge in [-0.3, -0.25) is 4.79 Å². The van der Waals surface area contributed by atoms with Gasteiger partial charge in [0.15, 0.2) is 40.7 Å². The molecule has 3 aromatic rings. The molecule has 12 heteroatoms. The van der Waals surface area contributed by atoms with Crippen molar-refractivity contribution in [2.24, 2.45) is 5.10 Å². The molecule has 206 valence electrons. The molecule has 0 aromatic heterocycles. The van der Waals surface area contributed by atoms with Gasteiger partial charge in [0.25, 0.3) is 5.91 Å². The molecular formula is C27H29N3O9. The molecule has 1 unspecified atom stereocenters. The van der Waals surface area contributed by atoms with E-state index in [4.69, 9.17) is 28.4 Å². The Morgan fingerprint density at radius 3 is 1.67 bits per heavy atom. The number of phenols is 2. The van der Waals surface area contributed by atoms with E-state index >= 15 is 0 Å². The highest BCUT2D eigenvalue weighted by Crippen LogP contribution is 2.44. The maximum Gasteiger partial charge on any atom is 0.278 e. The minimum atomic E-state index is -0.858. The van der Waals surface area contributed by atoms with Crippen molar-refractivity contribution in [2.45, 2.75) is 6.17 Å². The zero-order valence-electron chi connectivity index (χ0n) is 22.3. The smallest absolute Gasteiger partial charge is 0.278 e. The number of benzene rings is 3. The summed E-state index contributed by atoms with van der Waals surface area (Å²) in [6, 6.07) is 9.46.